The zero-order valence-corrected chi connectivity index (χ0v) is 16.9. The van der Waals surface area contributed by atoms with Crippen molar-refractivity contribution >= 4 is 5.82 Å². The van der Waals surface area contributed by atoms with Crippen LogP contribution in [0.25, 0.3) is 0 Å². The van der Waals surface area contributed by atoms with E-state index in [0.717, 1.165) is 50.8 Å². The lowest BCUT2D eigenvalue weighted by Gasteiger charge is -2.30. The molecule has 0 bridgehead atoms. The van der Waals surface area contributed by atoms with Gasteiger partial charge in [0.05, 0.1) is 0 Å². The molecule has 2 aliphatic heterocycles. The molecule has 2 aromatic rings. The second-order valence-electron chi connectivity index (χ2n) is 8.95. The fourth-order valence-corrected chi connectivity index (χ4v) is 3.95. The van der Waals surface area contributed by atoms with Gasteiger partial charge in [-0.25, -0.2) is 15.0 Å². The molecule has 1 fully saturated rings. The molecule has 27 heavy (non-hydrogen) atoms. The zero-order chi connectivity index (χ0) is 18.9. The number of aromatic nitrogens is 3. The first kappa shape index (κ1) is 18.4. The van der Waals surface area contributed by atoms with Crippen LogP contribution in [0.5, 0.6) is 0 Å². The van der Waals surface area contributed by atoms with Gasteiger partial charge < -0.3 is 4.90 Å². The van der Waals surface area contributed by atoms with Crippen molar-refractivity contribution in [3.05, 3.63) is 47.2 Å². The van der Waals surface area contributed by atoms with Gasteiger partial charge in [-0.3, -0.25) is 4.90 Å². The first-order chi connectivity index (χ1) is 13.0. The van der Waals surface area contributed by atoms with Crippen LogP contribution in [0.4, 0.5) is 5.82 Å². The maximum absolute atomic E-state index is 4.83. The van der Waals surface area contributed by atoms with E-state index in [-0.39, 0.29) is 5.41 Å². The van der Waals surface area contributed by atoms with Crippen LogP contribution in [0, 0.1) is 0 Å². The Labute approximate surface area is 162 Å². The van der Waals surface area contributed by atoms with E-state index in [2.05, 4.69) is 53.9 Å². The number of piperidine rings is 1. The van der Waals surface area contributed by atoms with Crippen LogP contribution in [0.2, 0.25) is 0 Å². The maximum atomic E-state index is 4.83. The molecule has 0 N–H and O–H groups in total. The molecule has 0 aromatic carbocycles. The summed E-state index contributed by atoms with van der Waals surface area (Å²) in [6, 6.07) is 4.43. The first-order valence-corrected chi connectivity index (χ1v) is 10.3. The fourth-order valence-electron chi connectivity index (χ4n) is 3.95. The third-order valence-corrected chi connectivity index (χ3v) is 5.58. The molecule has 1 saturated heterocycles. The van der Waals surface area contributed by atoms with Gasteiger partial charge in [-0.1, -0.05) is 26.8 Å². The summed E-state index contributed by atoms with van der Waals surface area (Å²) in [7, 11) is 0. The lowest BCUT2D eigenvalue weighted by molar-refractivity contribution is 0.242. The number of hydrogen-bond acceptors (Lipinski definition) is 5. The SMILES string of the molecule is CC(C)(C)c1ncc2c(n1)CCN(Cc1ccc(N3CCCCC3)nc1)C2. The third-order valence-electron chi connectivity index (χ3n) is 5.58. The highest BCUT2D eigenvalue weighted by Gasteiger charge is 2.23. The number of anilines is 1. The third kappa shape index (κ3) is 4.29. The van der Waals surface area contributed by atoms with E-state index in [0.29, 0.717) is 0 Å². The van der Waals surface area contributed by atoms with Crippen molar-refractivity contribution in [1.82, 2.24) is 19.9 Å². The van der Waals surface area contributed by atoms with E-state index < -0.39 is 0 Å². The Morgan fingerprint density at radius 3 is 2.48 bits per heavy atom. The lowest BCUT2D eigenvalue weighted by Crippen LogP contribution is -2.32. The maximum Gasteiger partial charge on any atom is 0.133 e. The summed E-state index contributed by atoms with van der Waals surface area (Å²) in [4.78, 5) is 19.1. The largest absolute Gasteiger partial charge is 0.357 e. The van der Waals surface area contributed by atoms with Gasteiger partial charge in [-0.2, -0.15) is 0 Å². The molecule has 0 saturated carbocycles. The number of fused-ring (bicyclic) bond motifs is 1. The Morgan fingerprint density at radius 2 is 1.78 bits per heavy atom. The van der Waals surface area contributed by atoms with Crippen molar-refractivity contribution in [2.45, 2.75) is 65.0 Å². The Hall–Kier alpha value is -2.01. The predicted molar refractivity (Wildman–Crippen MR) is 109 cm³/mol. The van der Waals surface area contributed by atoms with Crippen LogP contribution in [-0.2, 0) is 24.9 Å². The van der Waals surface area contributed by atoms with Crippen molar-refractivity contribution in [1.29, 1.82) is 0 Å². The monoisotopic (exact) mass is 365 g/mol. The van der Waals surface area contributed by atoms with Crippen molar-refractivity contribution in [2.75, 3.05) is 24.5 Å². The molecule has 0 spiro atoms. The van der Waals surface area contributed by atoms with Gasteiger partial charge in [0.2, 0.25) is 0 Å². The summed E-state index contributed by atoms with van der Waals surface area (Å²) >= 11 is 0. The summed E-state index contributed by atoms with van der Waals surface area (Å²) in [5.74, 6) is 2.08. The van der Waals surface area contributed by atoms with Crippen molar-refractivity contribution < 1.29 is 0 Å². The van der Waals surface area contributed by atoms with E-state index in [9.17, 15) is 0 Å². The number of pyridine rings is 1. The molecule has 0 radical (unpaired) electrons. The molecule has 0 amide bonds. The fraction of sp³-hybridized carbons (Fsp3) is 0.591. The molecule has 4 rings (SSSR count). The summed E-state index contributed by atoms with van der Waals surface area (Å²) < 4.78 is 0. The Morgan fingerprint density at radius 1 is 0.963 bits per heavy atom. The number of hydrogen-bond donors (Lipinski definition) is 0. The van der Waals surface area contributed by atoms with Gasteiger partial charge in [-0.05, 0) is 30.9 Å². The Kier molecular flexibility index (Phi) is 5.13. The predicted octanol–water partition coefficient (Wildman–Crippen LogP) is 3.72. The van der Waals surface area contributed by atoms with Crippen LogP contribution >= 0.6 is 0 Å². The minimum absolute atomic E-state index is 0.00787. The summed E-state index contributed by atoms with van der Waals surface area (Å²) in [6.07, 6.45) is 9.02. The molecule has 0 atom stereocenters. The molecule has 5 heteroatoms. The Balaban J connectivity index is 1.39. The van der Waals surface area contributed by atoms with Crippen molar-refractivity contribution in [3.8, 4) is 0 Å². The first-order valence-electron chi connectivity index (χ1n) is 10.3. The molecule has 144 valence electrons. The molecule has 2 aliphatic rings. The van der Waals surface area contributed by atoms with Crippen LogP contribution in [0.15, 0.2) is 24.5 Å². The highest BCUT2D eigenvalue weighted by molar-refractivity contribution is 5.39. The van der Waals surface area contributed by atoms with Gasteiger partial charge >= 0.3 is 0 Å². The summed E-state index contributed by atoms with van der Waals surface area (Å²) in [5.41, 5.74) is 3.79. The molecule has 4 heterocycles. The normalized spacial score (nSPS) is 18.4. The van der Waals surface area contributed by atoms with E-state index in [1.807, 2.05) is 6.20 Å². The van der Waals surface area contributed by atoms with Gasteiger partial charge in [0, 0.05) is 68.2 Å². The Bertz CT molecular complexity index is 772. The van der Waals surface area contributed by atoms with Crippen LogP contribution in [0.1, 0.15) is 62.7 Å². The topological polar surface area (TPSA) is 45.2 Å². The molecule has 5 nitrogen and oxygen atoms in total. The average molecular weight is 366 g/mol. The highest BCUT2D eigenvalue weighted by atomic mass is 15.2. The molecular weight excluding hydrogens is 334 g/mol. The minimum atomic E-state index is 0.00787. The van der Waals surface area contributed by atoms with Gasteiger partial charge in [0.25, 0.3) is 0 Å². The summed E-state index contributed by atoms with van der Waals surface area (Å²) in [5, 5.41) is 0. The van der Waals surface area contributed by atoms with Gasteiger partial charge in [-0.15, -0.1) is 0 Å². The van der Waals surface area contributed by atoms with Gasteiger partial charge in [0.15, 0.2) is 0 Å². The molecule has 0 aliphatic carbocycles. The van der Waals surface area contributed by atoms with Crippen LogP contribution in [-0.4, -0.2) is 39.5 Å². The second kappa shape index (κ2) is 7.55. The number of nitrogens with zero attached hydrogens (tertiary/aromatic N) is 5. The molecule has 2 aromatic heterocycles. The zero-order valence-electron chi connectivity index (χ0n) is 16.9. The molecule has 0 unspecified atom stereocenters. The van der Waals surface area contributed by atoms with Crippen molar-refractivity contribution in [2.24, 2.45) is 0 Å². The quantitative estimate of drug-likeness (QED) is 0.829. The minimum Gasteiger partial charge on any atom is -0.357 e. The highest BCUT2D eigenvalue weighted by Crippen LogP contribution is 2.24. The average Bonchev–Trinajstić information content (AvgIpc) is 2.68. The van der Waals surface area contributed by atoms with E-state index in [4.69, 9.17) is 9.97 Å². The lowest BCUT2D eigenvalue weighted by atomic mass is 9.95. The smallest absolute Gasteiger partial charge is 0.133 e. The van der Waals surface area contributed by atoms with E-state index in [1.54, 1.807) is 0 Å². The van der Waals surface area contributed by atoms with E-state index in [1.165, 1.54) is 36.1 Å². The van der Waals surface area contributed by atoms with E-state index >= 15 is 0 Å². The molecular formula is C22H31N5. The second-order valence-corrected chi connectivity index (χ2v) is 8.95. The standard InChI is InChI=1S/C22H31N5/c1-22(2,3)21-24-14-18-16-26(12-9-19(18)25-21)15-17-7-8-20(23-13-17)27-10-5-4-6-11-27/h7-8,13-14H,4-6,9-12,15-16H2,1-3H3. The van der Waals surface area contributed by atoms with Crippen LogP contribution in [0.3, 0.4) is 0 Å². The summed E-state index contributed by atoms with van der Waals surface area (Å²) in [6.45, 7) is 11.7. The number of rotatable bonds is 3. The van der Waals surface area contributed by atoms with Crippen LogP contribution < -0.4 is 4.90 Å². The van der Waals surface area contributed by atoms with Crippen molar-refractivity contribution in [3.63, 3.8) is 0 Å². The van der Waals surface area contributed by atoms with Gasteiger partial charge in [0.1, 0.15) is 11.6 Å².